The lowest BCUT2D eigenvalue weighted by Gasteiger charge is -2.13. The average Bonchev–Trinajstić information content (AvgIpc) is 2.87. The van der Waals surface area contributed by atoms with Crippen molar-refractivity contribution in [2.45, 2.75) is 19.2 Å². The van der Waals surface area contributed by atoms with Crippen molar-refractivity contribution < 1.29 is 27.4 Å². The molecular weight excluding hydrogens is 397 g/mol. The van der Waals surface area contributed by atoms with Gasteiger partial charge in [0.1, 0.15) is 17.3 Å². The summed E-state index contributed by atoms with van der Waals surface area (Å²) in [5, 5.41) is 0. The van der Waals surface area contributed by atoms with E-state index in [0.717, 1.165) is 0 Å². The monoisotopic (exact) mass is 414 g/mol. The molecule has 0 amide bonds. The molecule has 1 aliphatic rings. The minimum absolute atomic E-state index is 0.0613. The molecule has 30 heavy (non-hydrogen) atoms. The van der Waals surface area contributed by atoms with Gasteiger partial charge in [-0.1, -0.05) is 18.2 Å². The number of ether oxygens (including phenoxy) is 2. The summed E-state index contributed by atoms with van der Waals surface area (Å²) in [5.74, 6) is 0.414. The van der Waals surface area contributed by atoms with E-state index in [1.165, 1.54) is 24.3 Å². The van der Waals surface area contributed by atoms with E-state index < -0.39 is 6.36 Å². The Kier molecular flexibility index (Phi) is 5.39. The van der Waals surface area contributed by atoms with Gasteiger partial charge in [0.2, 0.25) is 0 Å². The zero-order valence-electron chi connectivity index (χ0n) is 15.7. The predicted octanol–water partition coefficient (Wildman–Crippen LogP) is 4.87. The SMILES string of the molecule is O=C1c2cc(-c3ccc(OC(F)(F)F)cc3)ccc2OCCC1Cc1ncccn1. The van der Waals surface area contributed by atoms with Gasteiger partial charge in [-0.25, -0.2) is 9.97 Å². The summed E-state index contributed by atoms with van der Waals surface area (Å²) in [6, 6.07) is 12.4. The van der Waals surface area contributed by atoms with Crippen LogP contribution in [0.15, 0.2) is 60.9 Å². The first-order valence-corrected chi connectivity index (χ1v) is 9.32. The molecule has 1 aliphatic heterocycles. The number of rotatable bonds is 4. The normalized spacial score (nSPS) is 16.4. The van der Waals surface area contributed by atoms with Gasteiger partial charge in [0.15, 0.2) is 5.78 Å². The average molecular weight is 414 g/mol. The molecule has 3 aromatic rings. The van der Waals surface area contributed by atoms with E-state index in [4.69, 9.17) is 4.74 Å². The van der Waals surface area contributed by atoms with Crippen LogP contribution in [0.5, 0.6) is 11.5 Å². The molecular formula is C22H17F3N2O3. The van der Waals surface area contributed by atoms with Crippen LogP contribution in [-0.2, 0) is 6.42 Å². The van der Waals surface area contributed by atoms with E-state index in [1.807, 2.05) is 0 Å². The summed E-state index contributed by atoms with van der Waals surface area (Å²) < 4.78 is 46.7. The number of nitrogens with zero attached hydrogens (tertiary/aromatic N) is 2. The molecule has 0 fully saturated rings. The lowest BCUT2D eigenvalue weighted by Crippen LogP contribution is -2.18. The highest BCUT2D eigenvalue weighted by molar-refractivity contribution is 6.01. The quantitative estimate of drug-likeness (QED) is 0.610. The molecule has 1 atom stereocenters. The van der Waals surface area contributed by atoms with Gasteiger partial charge in [-0.2, -0.15) is 0 Å². The molecule has 2 aromatic carbocycles. The van der Waals surface area contributed by atoms with Crippen LogP contribution in [0.1, 0.15) is 22.6 Å². The number of hydrogen-bond donors (Lipinski definition) is 0. The van der Waals surface area contributed by atoms with E-state index in [2.05, 4.69) is 14.7 Å². The van der Waals surface area contributed by atoms with E-state index in [9.17, 15) is 18.0 Å². The predicted molar refractivity (Wildman–Crippen MR) is 102 cm³/mol. The molecule has 0 spiro atoms. The third-order valence-corrected chi connectivity index (χ3v) is 4.81. The summed E-state index contributed by atoms with van der Waals surface area (Å²) >= 11 is 0. The number of alkyl halides is 3. The maximum Gasteiger partial charge on any atom is 0.573 e. The third kappa shape index (κ3) is 4.59. The van der Waals surface area contributed by atoms with Crippen molar-refractivity contribution in [3.63, 3.8) is 0 Å². The lowest BCUT2D eigenvalue weighted by molar-refractivity contribution is -0.274. The zero-order valence-corrected chi connectivity index (χ0v) is 15.7. The Hall–Kier alpha value is -3.42. The minimum Gasteiger partial charge on any atom is -0.493 e. The Morgan fingerprint density at radius 2 is 1.73 bits per heavy atom. The number of aromatic nitrogens is 2. The summed E-state index contributed by atoms with van der Waals surface area (Å²) in [4.78, 5) is 21.5. The highest BCUT2D eigenvalue weighted by Gasteiger charge is 2.31. The third-order valence-electron chi connectivity index (χ3n) is 4.81. The van der Waals surface area contributed by atoms with E-state index in [-0.39, 0.29) is 17.5 Å². The Balaban J connectivity index is 1.59. The molecule has 1 aromatic heterocycles. The molecule has 8 heteroatoms. The van der Waals surface area contributed by atoms with Crippen LogP contribution in [0.4, 0.5) is 13.2 Å². The fourth-order valence-corrected chi connectivity index (χ4v) is 3.39. The van der Waals surface area contributed by atoms with Gasteiger partial charge in [-0.15, -0.1) is 13.2 Å². The molecule has 0 saturated carbocycles. The summed E-state index contributed by atoms with van der Waals surface area (Å²) in [6.45, 7) is 0.402. The minimum atomic E-state index is -4.74. The van der Waals surface area contributed by atoms with Crippen molar-refractivity contribution in [3.8, 4) is 22.6 Å². The number of fused-ring (bicyclic) bond motifs is 1. The molecule has 5 nitrogen and oxygen atoms in total. The van der Waals surface area contributed by atoms with Crippen molar-refractivity contribution in [1.29, 1.82) is 0 Å². The van der Waals surface area contributed by atoms with Crippen LogP contribution in [0.25, 0.3) is 11.1 Å². The molecule has 2 heterocycles. The first kappa shape index (κ1) is 19.9. The number of carbonyl (C=O) groups excluding carboxylic acids is 1. The van der Waals surface area contributed by atoms with Gasteiger partial charge in [0.25, 0.3) is 0 Å². The van der Waals surface area contributed by atoms with Gasteiger partial charge in [-0.3, -0.25) is 4.79 Å². The second kappa shape index (κ2) is 8.14. The maximum atomic E-state index is 13.2. The largest absolute Gasteiger partial charge is 0.573 e. The van der Waals surface area contributed by atoms with Gasteiger partial charge in [0, 0.05) is 24.7 Å². The number of ketones is 1. The topological polar surface area (TPSA) is 61.3 Å². The highest BCUT2D eigenvalue weighted by atomic mass is 19.4. The molecule has 0 radical (unpaired) electrons. The first-order valence-electron chi connectivity index (χ1n) is 9.32. The van der Waals surface area contributed by atoms with Crippen LogP contribution < -0.4 is 9.47 Å². The van der Waals surface area contributed by atoms with Crippen LogP contribution >= 0.6 is 0 Å². The summed E-state index contributed by atoms with van der Waals surface area (Å²) in [6.07, 6.45) is -0.510. The first-order chi connectivity index (χ1) is 14.4. The Morgan fingerprint density at radius 1 is 1.03 bits per heavy atom. The number of carbonyl (C=O) groups is 1. The summed E-state index contributed by atoms with van der Waals surface area (Å²) in [7, 11) is 0. The number of halogens is 3. The van der Waals surface area contributed by atoms with Gasteiger partial charge < -0.3 is 9.47 Å². The standard InChI is InChI=1S/C22H17F3N2O3/c23-22(24,25)30-17-5-2-14(3-6-17)15-4-7-19-18(12-15)21(28)16(8-11-29-19)13-20-26-9-1-10-27-20/h1-7,9-10,12,16H,8,11,13H2. The Labute approximate surface area is 170 Å². The number of Topliss-reactive ketones (excluding diaryl/α,β-unsaturated/α-hetero) is 1. The van der Waals surface area contributed by atoms with Crippen LogP contribution in [-0.4, -0.2) is 28.7 Å². The van der Waals surface area contributed by atoms with Crippen LogP contribution in [0.2, 0.25) is 0 Å². The van der Waals surface area contributed by atoms with Gasteiger partial charge in [0.05, 0.1) is 12.2 Å². The van der Waals surface area contributed by atoms with Crippen molar-refractivity contribution in [2.24, 2.45) is 5.92 Å². The molecule has 4 rings (SSSR count). The van der Waals surface area contributed by atoms with Crippen molar-refractivity contribution in [2.75, 3.05) is 6.61 Å². The number of hydrogen-bond acceptors (Lipinski definition) is 5. The number of benzene rings is 2. The van der Waals surface area contributed by atoms with Crippen molar-refractivity contribution >= 4 is 5.78 Å². The summed E-state index contributed by atoms with van der Waals surface area (Å²) in [5.41, 5.74) is 1.80. The van der Waals surface area contributed by atoms with Gasteiger partial charge in [-0.05, 0) is 47.9 Å². The molecule has 0 aliphatic carbocycles. The fourth-order valence-electron chi connectivity index (χ4n) is 3.39. The molecule has 0 bridgehead atoms. The Morgan fingerprint density at radius 3 is 2.43 bits per heavy atom. The zero-order chi connectivity index (χ0) is 21.1. The van der Waals surface area contributed by atoms with Crippen LogP contribution in [0, 0.1) is 5.92 Å². The second-order valence-corrected chi connectivity index (χ2v) is 6.85. The van der Waals surface area contributed by atoms with Crippen molar-refractivity contribution in [3.05, 3.63) is 72.3 Å². The smallest absolute Gasteiger partial charge is 0.493 e. The molecule has 0 saturated heterocycles. The fraction of sp³-hybridized carbons (Fsp3) is 0.227. The van der Waals surface area contributed by atoms with E-state index in [1.54, 1.807) is 36.7 Å². The van der Waals surface area contributed by atoms with E-state index >= 15 is 0 Å². The van der Waals surface area contributed by atoms with E-state index in [0.29, 0.717) is 47.7 Å². The van der Waals surface area contributed by atoms with Gasteiger partial charge >= 0.3 is 6.36 Å². The van der Waals surface area contributed by atoms with Crippen LogP contribution in [0.3, 0.4) is 0 Å². The Bertz CT molecular complexity index is 1040. The lowest BCUT2D eigenvalue weighted by atomic mass is 9.90. The second-order valence-electron chi connectivity index (χ2n) is 6.85. The highest BCUT2D eigenvalue weighted by Crippen LogP contribution is 2.33. The molecule has 154 valence electrons. The van der Waals surface area contributed by atoms with Crippen molar-refractivity contribution in [1.82, 2.24) is 9.97 Å². The maximum absolute atomic E-state index is 13.2. The molecule has 0 N–H and O–H groups in total. The molecule has 1 unspecified atom stereocenters.